The molecule has 2 heterocycles. The summed E-state index contributed by atoms with van der Waals surface area (Å²) in [6, 6.07) is 13.2. The number of nitrogens with zero attached hydrogens (tertiary/aromatic N) is 3. The van der Waals surface area contributed by atoms with E-state index in [-0.39, 0.29) is 11.8 Å². The summed E-state index contributed by atoms with van der Waals surface area (Å²) in [5.74, 6) is 0.492. The monoisotopic (exact) mass is 381 g/mol. The predicted octanol–water partition coefficient (Wildman–Crippen LogP) is 2.99. The van der Waals surface area contributed by atoms with E-state index in [1.165, 1.54) is 0 Å². The molecule has 6 heteroatoms. The highest BCUT2D eigenvalue weighted by Crippen LogP contribution is 2.20. The largest absolute Gasteiger partial charge is 0.473 e. The molecule has 0 unspecified atom stereocenters. The molecule has 0 radical (unpaired) electrons. The van der Waals surface area contributed by atoms with Gasteiger partial charge in [-0.15, -0.1) is 0 Å². The first-order chi connectivity index (χ1) is 13.3. The third kappa shape index (κ3) is 4.88. The van der Waals surface area contributed by atoms with E-state index in [0.717, 1.165) is 5.56 Å². The molecule has 0 atom stereocenters. The van der Waals surface area contributed by atoms with E-state index in [9.17, 15) is 9.59 Å². The van der Waals surface area contributed by atoms with Crippen molar-refractivity contribution < 1.29 is 14.3 Å². The van der Waals surface area contributed by atoms with Crippen LogP contribution in [-0.2, 0) is 11.4 Å². The summed E-state index contributed by atoms with van der Waals surface area (Å²) in [5, 5.41) is 0. The topological polar surface area (TPSA) is 62.7 Å². The van der Waals surface area contributed by atoms with Gasteiger partial charge in [-0.3, -0.25) is 9.59 Å². The van der Waals surface area contributed by atoms with E-state index in [1.54, 1.807) is 23.2 Å². The zero-order chi connectivity index (χ0) is 20.1. The van der Waals surface area contributed by atoms with Crippen LogP contribution in [0.2, 0.25) is 0 Å². The molecule has 0 N–H and O–H groups in total. The number of carbonyl (C=O) groups is 2. The van der Waals surface area contributed by atoms with Crippen molar-refractivity contribution in [3.8, 4) is 5.88 Å². The van der Waals surface area contributed by atoms with Gasteiger partial charge in [0.1, 0.15) is 6.61 Å². The second-order valence-corrected chi connectivity index (χ2v) is 7.99. The number of aromatic nitrogens is 1. The summed E-state index contributed by atoms with van der Waals surface area (Å²) in [4.78, 5) is 33.1. The number of amides is 2. The molecule has 148 valence electrons. The number of benzene rings is 1. The van der Waals surface area contributed by atoms with E-state index >= 15 is 0 Å². The number of carbonyl (C=O) groups excluding carboxylic acids is 2. The van der Waals surface area contributed by atoms with Crippen molar-refractivity contribution in [1.29, 1.82) is 0 Å². The fourth-order valence-corrected chi connectivity index (χ4v) is 3.12. The number of pyridine rings is 1. The lowest BCUT2D eigenvalue weighted by molar-refractivity contribution is -0.140. The maximum absolute atomic E-state index is 12.8. The Balaban J connectivity index is 1.58. The van der Waals surface area contributed by atoms with E-state index in [2.05, 4.69) is 4.98 Å². The molecule has 28 heavy (non-hydrogen) atoms. The van der Waals surface area contributed by atoms with Crippen molar-refractivity contribution >= 4 is 11.8 Å². The van der Waals surface area contributed by atoms with Gasteiger partial charge in [0.05, 0.1) is 0 Å². The molecule has 0 bridgehead atoms. The van der Waals surface area contributed by atoms with Gasteiger partial charge in [0.25, 0.3) is 5.91 Å². The van der Waals surface area contributed by atoms with Gasteiger partial charge < -0.3 is 14.5 Å². The summed E-state index contributed by atoms with van der Waals surface area (Å²) in [5.41, 5.74) is 1.19. The molecular weight excluding hydrogens is 354 g/mol. The highest BCUT2D eigenvalue weighted by atomic mass is 16.5. The van der Waals surface area contributed by atoms with Crippen LogP contribution in [0.4, 0.5) is 0 Å². The number of hydrogen-bond donors (Lipinski definition) is 0. The third-order valence-electron chi connectivity index (χ3n) is 4.71. The Labute approximate surface area is 166 Å². The van der Waals surface area contributed by atoms with Crippen molar-refractivity contribution in [3.05, 3.63) is 59.8 Å². The van der Waals surface area contributed by atoms with Gasteiger partial charge in [0.2, 0.25) is 11.8 Å². The van der Waals surface area contributed by atoms with E-state index < -0.39 is 5.41 Å². The fourth-order valence-electron chi connectivity index (χ4n) is 3.12. The van der Waals surface area contributed by atoms with Gasteiger partial charge in [-0.25, -0.2) is 4.98 Å². The Morgan fingerprint density at radius 1 is 1.00 bits per heavy atom. The van der Waals surface area contributed by atoms with Crippen LogP contribution in [-0.4, -0.2) is 52.8 Å². The number of rotatable bonds is 4. The van der Waals surface area contributed by atoms with Crippen LogP contribution in [0.3, 0.4) is 0 Å². The van der Waals surface area contributed by atoms with Crippen LogP contribution >= 0.6 is 0 Å². The standard InChI is InChI=1S/C22H27N3O3/c1-22(2,3)21(27)25-13-11-24(12-14-25)20(26)18-9-10-23-19(15-18)28-16-17-7-5-4-6-8-17/h4-10,15H,11-14,16H2,1-3H3. The molecule has 1 saturated heterocycles. The van der Waals surface area contributed by atoms with E-state index in [4.69, 9.17) is 4.74 Å². The van der Waals surface area contributed by atoms with Gasteiger partial charge in [0, 0.05) is 49.4 Å². The summed E-state index contributed by atoms with van der Waals surface area (Å²) in [6.45, 7) is 8.34. The van der Waals surface area contributed by atoms with Crippen molar-refractivity contribution in [1.82, 2.24) is 14.8 Å². The minimum Gasteiger partial charge on any atom is -0.473 e. The first-order valence-electron chi connectivity index (χ1n) is 9.56. The quantitative estimate of drug-likeness (QED) is 0.817. The number of ether oxygens (including phenoxy) is 1. The van der Waals surface area contributed by atoms with Crippen LogP contribution < -0.4 is 4.74 Å². The van der Waals surface area contributed by atoms with Crippen molar-refractivity contribution in [2.24, 2.45) is 5.41 Å². The molecule has 0 spiro atoms. The minimum absolute atomic E-state index is 0.0604. The molecule has 0 saturated carbocycles. The molecule has 1 fully saturated rings. The van der Waals surface area contributed by atoms with Crippen LogP contribution in [0, 0.1) is 5.41 Å². The number of piperazine rings is 1. The molecule has 1 aromatic carbocycles. The van der Waals surface area contributed by atoms with E-state index in [1.807, 2.05) is 56.0 Å². The maximum Gasteiger partial charge on any atom is 0.254 e. The molecule has 0 aliphatic carbocycles. The maximum atomic E-state index is 12.8. The fraction of sp³-hybridized carbons (Fsp3) is 0.409. The number of hydrogen-bond acceptors (Lipinski definition) is 4. The van der Waals surface area contributed by atoms with Crippen LogP contribution in [0.15, 0.2) is 48.7 Å². The molecule has 2 aromatic rings. The molecule has 1 aliphatic heterocycles. The normalized spacial score (nSPS) is 14.7. The Hall–Kier alpha value is -2.89. The summed E-state index contributed by atoms with van der Waals surface area (Å²) in [6.07, 6.45) is 1.59. The average Bonchev–Trinajstić information content (AvgIpc) is 2.71. The van der Waals surface area contributed by atoms with Crippen molar-refractivity contribution in [2.45, 2.75) is 27.4 Å². The van der Waals surface area contributed by atoms with E-state index in [0.29, 0.717) is 44.2 Å². The van der Waals surface area contributed by atoms with Gasteiger partial charge in [-0.05, 0) is 11.6 Å². The summed E-state index contributed by atoms with van der Waals surface area (Å²) >= 11 is 0. The second-order valence-electron chi connectivity index (χ2n) is 7.99. The third-order valence-corrected chi connectivity index (χ3v) is 4.71. The minimum atomic E-state index is -0.401. The van der Waals surface area contributed by atoms with Gasteiger partial charge >= 0.3 is 0 Å². The molecule has 3 rings (SSSR count). The lowest BCUT2D eigenvalue weighted by Crippen LogP contribution is -2.53. The molecule has 6 nitrogen and oxygen atoms in total. The highest BCUT2D eigenvalue weighted by Gasteiger charge is 2.31. The lowest BCUT2D eigenvalue weighted by atomic mass is 9.94. The SMILES string of the molecule is CC(C)(C)C(=O)N1CCN(C(=O)c2ccnc(OCc3ccccc3)c2)CC1. The van der Waals surface area contributed by atoms with Crippen LogP contribution in [0.25, 0.3) is 0 Å². The first kappa shape index (κ1) is 19.9. The Bertz CT molecular complexity index is 822. The lowest BCUT2D eigenvalue weighted by Gasteiger charge is -2.37. The van der Waals surface area contributed by atoms with Crippen molar-refractivity contribution in [3.63, 3.8) is 0 Å². The van der Waals surface area contributed by atoms with Gasteiger partial charge in [0.15, 0.2) is 0 Å². The Kier molecular flexibility index (Phi) is 5.97. The summed E-state index contributed by atoms with van der Waals surface area (Å²) < 4.78 is 5.72. The highest BCUT2D eigenvalue weighted by molar-refractivity contribution is 5.94. The zero-order valence-electron chi connectivity index (χ0n) is 16.7. The van der Waals surface area contributed by atoms with Gasteiger partial charge in [-0.1, -0.05) is 51.1 Å². The molecule has 1 aliphatic rings. The summed E-state index contributed by atoms with van der Waals surface area (Å²) in [7, 11) is 0. The first-order valence-corrected chi connectivity index (χ1v) is 9.56. The predicted molar refractivity (Wildman–Crippen MR) is 107 cm³/mol. The average molecular weight is 381 g/mol. The molecule has 1 aromatic heterocycles. The van der Waals surface area contributed by atoms with Crippen LogP contribution in [0.5, 0.6) is 5.88 Å². The second kappa shape index (κ2) is 8.42. The smallest absolute Gasteiger partial charge is 0.254 e. The van der Waals surface area contributed by atoms with Gasteiger partial charge in [-0.2, -0.15) is 0 Å². The Morgan fingerprint density at radius 3 is 2.29 bits per heavy atom. The zero-order valence-corrected chi connectivity index (χ0v) is 16.7. The molecule has 2 amide bonds. The molecular formula is C22H27N3O3. The Morgan fingerprint density at radius 2 is 1.64 bits per heavy atom. The van der Waals surface area contributed by atoms with Crippen LogP contribution in [0.1, 0.15) is 36.7 Å². The van der Waals surface area contributed by atoms with Crippen molar-refractivity contribution in [2.75, 3.05) is 26.2 Å².